The Hall–Kier alpha value is -2.32. The Morgan fingerprint density at radius 1 is 1.14 bits per heavy atom. The van der Waals surface area contributed by atoms with Crippen molar-refractivity contribution in [1.82, 2.24) is 4.90 Å². The highest BCUT2D eigenvalue weighted by Gasteiger charge is 2.49. The third kappa shape index (κ3) is 5.46. The number of fused-ring (bicyclic) bond motifs is 3. The summed E-state index contributed by atoms with van der Waals surface area (Å²) >= 11 is 0. The molecule has 0 spiro atoms. The molecule has 1 aliphatic carbocycles. The number of carbonyl (C=O) groups excluding carboxylic acids is 2. The van der Waals surface area contributed by atoms with Crippen LogP contribution in [0.1, 0.15) is 70.1 Å². The summed E-state index contributed by atoms with van der Waals surface area (Å²) in [5, 5.41) is 11.1. The van der Waals surface area contributed by atoms with Gasteiger partial charge in [-0.15, -0.1) is 0 Å². The number of hydrogen-bond donors (Lipinski definition) is 1. The first kappa shape index (κ1) is 26.3. The standard InChI is InChI=1S/C29H41NO7/c1-16(27(32)34-5)25(17-6-7-17)18-8-9-21-22(31)11-24(36-23(21)10-18)26-19-12-30(13-20(26)15-35-14-19)28(33)37-29(2,3)4/h8-10,16-17,19-20,22,24-26,31H,6-7,11-15H2,1-5H3/t16?,19-,20+,22?,24?,25?,26?. The zero-order valence-corrected chi connectivity index (χ0v) is 22.6. The number of amides is 1. The Morgan fingerprint density at radius 2 is 1.81 bits per heavy atom. The predicted octanol–water partition coefficient (Wildman–Crippen LogP) is 4.30. The van der Waals surface area contributed by atoms with Crippen LogP contribution in [0, 0.1) is 29.6 Å². The van der Waals surface area contributed by atoms with E-state index in [0.717, 1.165) is 24.0 Å². The number of carbonyl (C=O) groups is 2. The smallest absolute Gasteiger partial charge is 0.410 e. The summed E-state index contributed by atoms with van der Waals surface area (Å²) in [6.45, 7) is 9.80. The molecule has 5 unspecified atom stereocenters. The lowest BCUT2D eigenvalue weighted by Gasteiger charge is -2.50. The highest BCUT2D eigenvalue weighted by molar-refractivity contribution is 5.73. The molecule has 1 amide bonds. The Balaban J connectivity index is 1.35. The number of piperidine rings is 1. The van der Waals surface area contributed by atoms with Gasteiger partial charge >= 0.3 is 12.1 Å². The van der Waals surface area contributed by atoms with Crippen LogP contribution in [0.3, 0.4) is 0 Å². The highest BCUT2D eigenvalue weighted by Crippen LogP contribution is 2.50. The van der Waals surface area contributed by atoms with E-state index in [1.807, 2.05) is 45.9 Å². The van der Waals surface area contributed by atoms with Crippen LogP contribution in [0.5, 0.6) is 5.75 Å². The fraction of sp³-hybridized carbons (Fsp3) is 0.724. The maximum atomic E-state index is 12.8. The Kier molecular flexibility index (Phi) is 7.18. The van der Waals surface area contributed by atoms with E-state index in [1.54, 1.807) is 4.90 Å². The van der Waals surface area contributed by atoms with Gasteiger partial charge in [-0.2, -0.15) is 0 Å². The summed E-state index contributed by atoms with van der Waals surface area (Å²) < 4.78 is 23.2. The van der Waals surface area contributed by atoms with Gasteiger partial charge in [-0.1, -0.05) is 19.1 Å². The molecule has 5 rings (SSSR count). The van der Waals surface area contributed by atoms with Crippen molar-refractivity contribution >= 4 is 12.1 Å². The maximum Gasteiger partial charge on any atom is 0.410 e. The minimum Gasteiger partial charge on any atom is -0.490 e. The lowest BCUT2D eigenvalue weighted by molar-refractivity contribution is -0.145. The third-order valence-corrected chi connectivity index (χ3v) is 8.50. The number of benzene rings is 1. The predicted molar refractivity (Wildman–Crippen MR) is 136 cm³/mol. The average molecular weight is 516 g/mol. The van der Waals surface area contributed by atoms with Crippen molar-refractivity contribution in [3.05, 3.63) is 29.3 Å². The third-order valence-electron chi connectivity index (χ3n) is 8.50. The number of aliphatic hydroxyl groups is 1. The first-order chi connectivity index (χ1) is 17.6. The summed E-state index contributed by atoms with van der Waals surface area (Å²) in [7, 11) is 1.44. The molecule has 3 aliphatic heterocycles. The minimum atomic E-state index is -0.620. The molecule has 204 valence electrons. The van der Waals surface area contributed by atoms with Gasteiger partial charge in [-0.3, -0.25) is 4.79 Å². The minimum absolute atomic E-state index is 0.0729. The van der Waals surface area contributed by atoms with Crippen LogP contribution in [0.15, 0.2) is 18.2 Å². The number of rotatable bonds is 5. The van der Waals surface area contributed by atoms with Crippen molar-refractivity contribution in [2.75, 3.05) is 33.4 Å². The molecule has 7 atom stereocenters. The van der Waals surface area contributed by atoms with E-state index in [-0.39, 0.29) is 47.8 Å². The number of esters is 1. The lowest BCUT2D eigenvalue weighted by Crippen LogP contribution is -2.59. The largest absolute Gasteiger partial charge is 0.490 e. The van der Waals surface area contributed by atoms with E-state index in [4.69, 9.17) is 18.9 Å². The van der Waals surface area contributed by atoms with E-state index in [1.165, 1.54) is 7.11 Å². The average Bonchev–Trinajstić information content (AvgIpc) is 3.66. The van der Waals surface area contributed by atoms with Crippen LogP contribution >= 0.6 is 0 Å². The van der Waals surface area contributed by atoms with E-state index in [2.05, 4.69) is 0 Å². The molecule has 1 aromatic carbocycles. The maximum absolute atomic E-state index is 12.8. The van der Waals surface area contributed by atoms with Crippen LogP contribution in [0.25, 0.3) is 0 Å². The topological polar surface area (TPSA) is 94.5 Å². The SMILES string of the molecule is COC(=O)C(C)C(c1ccc2c(c1)OC(C1[C@@H]3COC[C@H]1CN(C(=O)OC(C)(C)C)C3)CC2O)C1CC1. The molecule has 2 saturated heterocycles. The number of methoxy groups -OCH3 is 1. The first-order valence-electron chi connectivity index (χ1n) is 13.7. The molecule has 2 bridgehead atoms. The fourth-order valence-electron chi connectivity index (χ4n) is 6.74. The van der Waals surface area contributed by atoms with Crippen molar-refractivity contribution in [2.24, 2.45) is 29.6 Å². The van der Waals surface area contributed by atoms with Gasteiger partial charge in [-0.25, -0.2) is 4.79 Å². The molecule has 8 nitrogen and oxygen atoms in total. The molecular formula is C29H41NO7. The normalized spacial score (nSPS) is 31.0. The van der Waals surface area contributed by atoms with E-state index in [0.29, 0.717) is 44.4 Å². The molecule has 3 fully saturated rings. The molecule has 1 aromatic rings. The fourth-order valence-corrected chi connectivity index (χ4v) is 6.74. The summed E-state index contributed by atoms with van der Waals surface area (Å²) in [5.41, 5.74) is 1.32. The first-order valence-corrected chi connectivity index (χ1v) is 13.7. The van der Waals surface area contributed by atoms with Crippen molar-refractivity contribution in [3.8, 4) is 5.75 Å². The van der Waals surface area contributed by atoms with E-state index in [9.17, 15) is 14.7 Å². The zero-order chi connectivity index (χ0) is 26.5. The van der Waals surface area contributed by atoms with Gasteiger partial charge in [-0.05, 0) is 57.1 Å². The number of nitrogens with zero attached hydrogens (tertiary/aromatic N) is 1. The number of ether oxygens (including phenoxy) is 4. The molecule has 0 aromatic heterocycles. The van der Waals surface area contributed by atoms with Gasteiger partial charge < -0.3 is 29.0 Å². The molecule has 37 heavy (non-hydrogen) atoms. The quantitative estimate of drug-likeness (QED) is 0.584. The van der Waals surface area contributed by atoms with Crippen molar-refractivity contribution < 1.29 is 33.6 Å². The van der Waals surface area contributed by atoms with Gasteiger partial charge in [0, 0.05) is 42.8 Å². The van der Waals surface area contributed by atoms with Gasteiger partial charge in [0.1, 0.15) is 17.5 Å². The molecule has 3 heterocycles. The monoisotopic (exact) mass is 515 g/mol. The summed E-state index contributed by atoms with van der Waals surface area (Å²) in [6.07, 6.45) is 1.65. The van der Waals surface area contributed by atoms with Crippen molar-refractivity contribution in [3.63, 3.8) is 0 Å². The molecular weight excluding hydrogens is 474 g/mol. The molecule has 1 saturated carbocycles. The lowest BCUT2D eigenvalue weighted by atomic mass is 9.71. The van der Waals surface area contributed by atoms with Crippen LogP contribution in [-0.4, -0.2) is 67.2 Å². The second kappa shape index (κ2) is 10.1. The highest BCUT2D eigenvalue weighted by atomic mass is 16.6. The Bertz CT molecular complexity index is 1000. The molecule has 1 N–H and O–H groups in total. The summed E-state index contributed by atoms with van der Waals surface area (Å²) in [5.74, 6) is 1.20. The number of aliphatic hydroxyl groups excluding tert-OH is 1. The van der Waals surface area contributed by atoms with E-state index < -0.39 is 11.7 Å². The van der Waals surface area contributed by atoms with Crippen LogP contribution in [0.2, 0.25) is 0 Å². The summed E-state index contributed by atoms with van der Waals surface area (Å²) in [6, 6.07) is 6.03. The van der Waals surface area contributed by atoms with Crippen molar-refractivity contribution in [1.29, 1.82) is 0 Å². The van der Waals surface area contributed by atoms with Crippen LogP contribution in [-0.2, 0) is 19.0 Å². The second-order valence-corrected chi connectivity index (χ2v) is 12.4. The van der Waals surface area contributed by atoms with Crippen molar-refractivity contribution in [2.45, 2.75) is 70.7 Å². The Labute approximate surface area is 219 Å². The summed E-state index contributed by atoms with van der Waals surface area (Å²) in [4.78, 5) is 27.0. The number of likely N-dealkylation sites (tertiary alicyclic amines) is 1. The second-order valence-electron chi connectivity index (χ2n) is 12.4. The molecule has 4 aliphatic rings. The van der Waals surface area contributed by atoms with Gasteiger partial charge in [0.05, 0.1) is 32.3 Å². The van der Waals surface area contributed by atoms with Gasteiger partial charge in [0.25, 0.3) is 0 Å². The van der Waals surface area contributed by atoms with Crippen LogP contribution in [0.4, 0.5) is 4.79 Å². The zero-order valence-electron chi connectivity index (χ0n) is 22.6. The van der Waals surface area contributed by atoms with E-state index >= 15 is 0 Å². The van der Waals surface area contributed by atoms with Gasteiger partial charge in [0.15, 0.2) is 0 Å². The Morgan fingerprint density at radius 3 is 2.41 bits per heavy atom. The molecule has 0 radical (unpaired) electrons. The van der Waals surface area contributed by atoms with Crippen LogP contribution < -0.4 is 4.74 Å². The molecule has 8 heteroatoms. The van der Waals surface area contributed by atoms with Gasteiger partial charge in [0.2, 0.25) is 0 Å². The number of hydrogen-bond acceptors (Lipinski definition) is 7.